The number of aldehydes is 1. The highest BCUT2D eigenvalue weighted by Gasteiger charge is 2.26. The molecule has 0 saturated heterocycles. The van der Waals surface area contributed by atoms with Crippen LogP contribution in [0.3, 0.4) is 0 Å². The van der Waals surface area contributed by atoms with Crippen LogP contribution in [-0.4, -0.2) is 17.8 Å². The molecule has 0 aliphatic heterocycles. The zero-order valence-electron chi connectivity index (χ0n) is 18.5. The third-order valence-corrected chi connectivity index (χ3v) is 6.19. The predicted octanol–water partition coefficient (Wildman–Crippen LogP) is 8.32. The molecule has 33 heavy (non-hydrogen) atoms. The number of rotatable bonds is 7. The maximum Gasteiger partial charge on any atom is 0.229 e. The van der Waals surface area contributed by atoms with Gasteiger partial charge in [-0.3, -0.25) is 0 Å². The van der Waals surface area contributed by atoms with Crippen molar-refractivity contribution < 1.29 is 9.21 Å². The molecule has 0 spiro atoms. The average molecular weight is 502 g/mol. The van der Waals surface area contributed by atoms with Crippen molar-refractivity contribution >= 4 is 57.9 Å². The lowest BCUT2D eigenvalue weighted by atomic mass is 9.89. The van der Waals surface area contributed by atoms with Gasteiger partial charge < -0.3 is 14.5 Å². The number of nitrogens with one attached hydrogen (secondary N) is 1. The lowest BCUT2D eigenvalue weighted by Gasteiger charge is -2.15. The van der Waals surface area contributed by atoms with Crippen LogP contribution in [0.4, 0.5) is 5.69 Å². The fourth-order valence-corrected chi connectivity index (χ4v) is 4.38. The fraction of sp³-hybridized carbons (Fsp3) is 0.231. The van der Waals surface area contributed by atoms with E-state index in [1.807, 2.05) is 57.2 Å². The van der Waals surface area contributed by atoms with E-state index in [9.17, 15) is 4.79 Å². The highest BCUT2D eigenvalue weighted by Crippen LogP contribution is 2.42. The SMILES string of the molecule is CCNc1c(CC(C)(C)C=O)oc2nc(-c3ccc(Cl)cc3Cl)c(-c3ccc(Cl)cc3)cc12. The standard InChI is InChI=1S/C26H23Cl3N2O2/c1-4-30-24-20-12-19(15-5-7-16(27)8-6-15)23(18-10-9-17(28)11-21(18)29)31-25(20)33-22(24)13-26(2,3)14-32/h5-12,14,30H,4,13H2,1-3H3. The summed E-state index contributed by atoms with van der Waals surface area (Å²) < 4.78 is 6.20. The van der Waals surface area contributed by atoms with E-state index in [0.29, 0.717) is 45.2 Å². The van der Waals surface area contributed by atoms with Crippen LogP contribution < -0.4 is 5.32 Å². The Bertz CT molecular complexity index is 1330. The van der Waals surface area contributed by atoms with Crippen LogP contribution in [0, 0.1) is 5.41 Å². The number of anilines is 1. The largest absolute Gasteiger partial charge is 0.440 e. The number of furan rings is 1. The molecule has 0 amide bonds. The van der Waals surface area contributed by atoms with Crippen LogP contribution in [-0.2, 0) is 11.2 Å². The zero-order valence-corrected chi connectivity index (χ0v) is 20.8. The molecule has 1 N–H and O–H groups in total. The highest BCUT2D eigenvalue weighted by molar-refractivity contribution is 6.36. The minimum atomic E-state index is -0.570. The summed E-state index contributed by atoms with van der Waals surface area (Å²) in [4.78, 5) is 16.5. The van der Waals surface area contributed by atoms with Crippen molar-refractivity contribution in [3.63, 3.8) is 0 Å². The van der Waals surface area contributed by atoms with Crippen molar-refractivity contribution in [1.82, 2.24) is 4.98 Å². The number of hydrogen-bond donors (Lipinski definition) is 1. The van der Waals surface area contributed by atoms with Gasteiger partial charge in [0.2, 0.25) is 5.71 Å². The summed E-state index contributed by atoms with van der Waals surface area (Å²) in [6.07, 6.45) is 1.39. The molecular formula is C26H23Cl3N2O2. The average Bonchev–Trinajstić information content (AvgIpc) is 3.09. The monoisotopic (exact) mass is 500 g/mol. The van der Waals surface area contributed by atoms with Gasteiger partial charge in [0.15, 0.2) is 0 Å². The number of carbonyl (C=O) groups is 1. The normalized spacial score (nSPS) is 11.7. The Morgan fingerprint density at radius 2 is 1.70 bits per heavy atom. The molecule has 0 aliphatic rings. The van der Waals surface area contributed by atoms with Gasteiger partial charge in [-0.25, -0.2) is 4.98 Å². The molecule has 4 rings (SSSR count). The first-order valence-corrected chi connectivity index (χ1v) is 11.7. The van der Waals surface area contributed by atoms with E-state index in [2.05, 4.69) is 5.32 Å². The van der Waals surface area contributed by atoms with Crippen LogP contribution >= 0.6 is 34.8 Å². The van der Waals surface area contributed by atoms with E-state index in [1.54, 1.807) is 12.1 Å². The summed E-state index contributed by atoms with van der Waals surface area (Å²) in [5.41, 5.74) is 3.98. The Hall–Kier alpha value is -2.53. The van der Waals surface area contributed by atoms with Gasteiger partial charge >= 0.3 is 0 Å². The molecule has 0 bridgehead atoms. The van der Waals surface area contributed by atoms with E-state index in [-0.39, 0.29) is 0 Å². The Balaban J connectivity index is 2.01. The van der Waals surface area contributed by atoms with Crippen molar-refractivity contribution in [2.24, 2.45) is 5.41 Å². The van der Waals surface area contributed by atoms with Gasteiger partial charge in [-0.05, 0) is 48.9 Å². The fourth-order valence-electron chi connectivity index (χ4n) is 3.76. The lowest BCUT2D eigenvalue weighted by Crippen LogP contribution is -2.16. The van der Waals surface area contributed by atoms with Crippen LogP contribution in [0.5, 0.6) is 0 Å². The number of aromatic nitrogens is 1. The minimum absolute atomic E-state index is 0.447. The van der Waals surface area contributed by atoms with E-state index >= 15 is 0 Å². The number of nitrogens with zero attached hydrogens (tertiary/aromatic N) is 1. The summed E-state index contributed by atoms with van der Waals surface area (Å²) in [7, 11) is 0. The van der Waals surface area contributed by atoms with E-state index in [1.165, 1.54) is 0 Å². The predicted molar refractivity (Wildman–Crippen MR) is 138 cm³/mol. The molecule has 4 aromatic rings. The first-order chi connectivity index (χ1) is 15.7. The summed E-state index contributed by atoms with van der Waals surface area (Å²) in [5.74, 6) is 0.692. The topological polar surface area (TPSA) is 55.1 Å². The van der Waals surface area contributed by atoms with Gasteiger partial charge in [-0.15, -0.1) is 0 Å². The van der Waals surface area contributed by atoms with Gasteiger partial charge in [0.1, 0.15) is 12.0 Å². The number of benzene rings is 2. The van der Waals surface area contributed by atoms with Crippen molar-refractivity contribution in [2.75, 3.05) is 11.9 Å². The highest BCUT2D eigenvalue weighted by atomic mass is 35.5. The number of halogens is 3. The Morgan fingerprint density at radius 3 is 2.33 bits per heavy atom. The second-order valence-electron chi connectivity index (χ2n) is 8.58. The zero-order chi connectivity index (χ0) is 23.8. The van der Waals surface area contributed by atoms with Crippen molar-refractivity contribution in [1.29, 1.82) is 0 Å². The molecule has 7 heteroatoms. The third-order valence-electron chi connectivity index (χ3n) is 5.39. The van der Waals surface area contributed by atoms with Crippen LogP contribution in [0.1, 0.15) is 26.5 Å². The first kappa shape index (κ1) is 23.6. The summed E-state index contributed by atoms with van der Waals surface area (Å²) in [5, 5.41) is 5.92. The molecule has 170 valence electrons. The van der Waals surface area contributed by atoms with Gasteiger partial charge in [-0.1, -0.05) is 60.8 Å². The number of pyridine rings is 1. The Morgan fingerprint density at radius 1 is 1.00 bits per heavy atom. The Kier molecular flexibility index (Phi) is 6.71. The summed E-state index contributed by atoms with van der Waals surface area (Å²) in [6.45, 7) is 6.48. The third kappa shape index (κ3) is 4.89. The van der Waals surface area contributed by atoms with E-state index in [0.717, 1.165) is 34.1 Å². The maximum absolute atomic E-state index is 11.6. The van der Waals surface area contributed by atoms with Gasteiger partial charge in [-0.2, -0.15) is 0 Å². The van der Waals surface area contributed by atoms with Crippen LogP contribution in [0.25, 0.3) is 33.5 Å². The smallest absolute Gasteiger partial charge is 0.229 e. The van der Waals surface area contributed by atoms with Crippen molar-refractivity contribution in [3.05, 3.63) is 69.4 Å². The molecule has 0 unspecified atom stereocenters. The first-order valence-electron chi connectivity index (χ1n) is 10.6. The lowest BCUT2D eigenvalue weighted by molar-refractivity contribution is -0.114. The Labute approximate surface area is 207 Å². The maximum atomic E-state index is 11.6. The quantitative estimate of drug-likeness (QED) is 0.259. The molecule has 2 aromatic heterocycles. The van der Waals surface area contributed by atoms with E-state index < -0.39 is 5.41 Å². The van der Waals surface area contributed by atoms with Gasteiger partial charge in [0.05, 0.1) is 21.8 Å². The molecule has 2 heterocycles. The molecule has 4 nitrogen and oxygen atoms in total. The molecule has 0 atom stereocenters. The van der Waals surface area contributed by atoms with Crippen LogP contribution in [0.15, 0.2) is 52.9 Å². The molecule has 2 aromatic carbocycles. The van der Waals surface area contributed by atoms with Crippen molar-refractivity contribution in [3.8, 4) is 22.4 Å². The molecular weight excluding hydrogens is 479 g/mol. The van der Waals surface area contributed by atoms with Gasteiger partial charge in [0, 0.05) is 39.6 Å². The molecule has 0 saturated carbocycles. The number of fused-ring (bicyclic) bond motifs is 1. The molecule has 0 radical (unpaired) electrons. The molecule has 0 aliphatic carbocycles. The number of carbonyl (C=O) groups excluding carboxylic acids is 1. The molecule has 0 fully saturated rings. The second-order valence-corrected chi connectivity index (χ2v) is 9.86. The summed E-state index contributed by atoms with van der Waals surface area (Å²) >= 11 is 18.8. The minimum Gasteiger partial charge on any atom is -0.440 e. The van der Waals surface area contributed by atoms with E-state index in [4.69, 9.17) is 44.2 Å². The number of hydrogen-bond acceptors (Lipinski definition) is 4. The van der Waals surface area contributed by atoms with Gasteiger partial charge in [0.25, 0.3) is 0 Å². The second kappa shape index (κ2) is 9.38. The van der Waals surface area contributed by atoms with Crippen molar-refractivity contribution in [2.45, 2.75) is 27.2 Å². The van der Waals surface area contributed by atoms with Crippen LogP contribution in [0.2, 0.25) is 15.1 Å². The summed E-state index contributed by atoms with van der Waals surface area (Å²) in [6, 6.07) is 14.9.